The van der Waals surface area contributed by atoms with E-state index in [2.05, 4.69) is 5.32 Å². The molecular formula is C15H19F2NO2. The molecule has 0 spiro atoms. The van der Waals surface area contributed by atoms with Crippen LogP contribution >= 0.6 is 0 Å². The lowest BCUT2D eigenvalue weighted by Crippen LogP contribution is -2.38. The monoisotopic (exact) mass is 283 g/mol. The summed E-state index contributed by atoms with van der Waals surface area (Å²) in [6, 6.07) is 3.22. The highest BCUT2D eigenvalue weighted by Gasteiger charge is 2.35. The molecule has 1 N–H and O–H groups in total. The van der Waals surface area contributed by atoms with Crippen LogP contribution in [0.3, 0.4) is 0 Å². The van der Waals surface area contributed by atoms with E-state index in [-0.39, 0.29) is 17.9 Å². The van der Waals surface area contributed by atoms with Crippen LogP contribution in [0.5, 0.6) is 0 Å². The van der Waals surface area contributed by atoms with Gasteiger partial charge in [-0.3, -0.25) is 4.79 Å². The SMILES string of the molecule is CC1CC(C)C(C(=O)NC(C)c2ccc(F)c(F)c2)O1. The number of hydrogen-bond acceptors (Lipinski definition) is 2. The van der Waals surface area contributed by atoms with Crippen molar-refractivity contribution in [2.24, 2.45) is 5.92 Å². The highest BCUT2D eigenvalue weighted by Crippen LogP contribution is 2.26. The Morgan fingerprint density at radius 3 is 2.60 bits per heavy atom. The third-order valence-electron chi connectivity index (χ3n) is 3.66. The first-order chi connectivity index (χ1) is 9.38. The number of amides is 1. The molecule has 1 aliphatic rings. The molecule has 1 aromatic carbocycles. The van der Waals surface area contributed by atoms with Crippen molar-refractivity contribution in [1.82, 2.24) is 5.32 Å². The first kappa shape index (κ1) is 14.9. The molecule has 1 fully saturated rings. The zero-order valence-corrected chi connectivity index (χ0v) is 11.8. The molecule has 1 saturated heterocycles. The van der Waals surface area contributed by atoms with E-state index in [1.54, 1.807) is 6.92 Å². The lowest BCUT2D eigenvalue weighted by Gasteiger charge is -2.19. The van der Waals surface area contributed by atoms with Gasteiger partial charge in [-0.25, -0.2) is 8.78 Å². The lowest BCUT2D eigenvalue weighted by atomic mass is 10.0. The predicted molar refractivity (Wildman–Crippen MR) is 71.0 cm³/mol. The average molecular weight is 283 g/mol. The van der Waals surface area contributed by atoms with E-state index in [9.17, 15) is 13.6 Å². The molecule has 5 heteroatoms. The van der Waals surface area contributed by atoms with Crippen molar-refractivity contribution >= 4 is 5.91 Å². The van der Waals surface area contributed by atoms with Crippen molar-refractivity contribution in [3.8, 4) is 0 Å². The van der Waals surface area contributed by atoms with E-state index in [0.29, 0.717) is 5.56 Å². The summed E-state index contributed by atoms with van der Waals surface area (Å²) in [5.74, 6) is -1.86. The second-order valence-corrected chi connectivity index (χ2v) is 5.48. The quantitative estimate of drug-likeness (QED) is 0.926. The van der Waals surface area contributed by atoms with Crippen LogP contribution in [0, 0.1) is 17.6 Å². The molecule has 2 rings (SSSR count). The number of hydrogen-bond donors (Lipinski definition) is 1. The predicted octanol–water partition coefficient (Wildman–Crippen LogP) is 2.96. The molecule has 4 atom stereocenters. The maximum atomic E-state index is 13.2. The van der Waals surface area contributed by atoms with E-state index in [1.165, 1.54) is 6.07 Å². The van der Waals surface area contributed by atoms with Gasteiger partial charge in [0.1, 0.15) is 6.10 Å². The topological polar surface area (TPSA) is 38.3 Å². The minimum absolute atomic E-state index is 0.0688. The summed E-state index contributed by atoms with van der Waals surface area (Å²) >= 11 is 0. The molecule has 1 aliphatic heterocycles. The van der Waals surface area contributed by atoms with Crippen molar-refractivity contribution in [2.45, 2.75) is 45.4 Å². The van der Waals surface area contributed by atoms with Gasteiger partial charge in [0.25, 0.3) is 0 Å². The van der Waals surface area contributed by atoms with Gasteiger partial charge >= 0.3 is 0 Å². The fraction of sp³-hybridized carbons (Fsp3) is 0.533. The Morgan fingerprint density at radius 2 is 2.05 bits per heavy atom. The summed E-state index contributed by atoms with van der Waals surface area (Å²) in [6.07, 6.45) is 0.439. The van der Waals surface area contributed by atoms with E-state index < -0.39 is 23.8 Å². The smallest absolute Gasteiger partial charge is 0.249 e. The third-order valence-corrected chi connectivity index (χ3v) is 3.66. The Bertz CT molecular complexity index is 507. The molecule has 3 nitrogen and oxygen atoms in total. The second kappa shape index (κ2) is 5.87. The van der Waals surface area contributed by atoms with E-state index in [1.807, 2.05) is 13.8 Å². The molecule has 0 aliphatic carbocycles. The highest BCUT2D eigenvalue weighted by molar-refractivity contribution is 5.81. The molecule has 0 saturated carbocycles. The minimum Gasteiger partial charge on any atom is -0.365 e. The Morgan fingerprint density at radius 1 is 1.35 bits per heavy atom. The molecular weight excluding hydrogens is 264 g/mol. The summed E-state index contributed by atoms with van der Waals surface area (Å²) in [4.78, 5) is 12.1. The van der Waals surface area contributed by atoms with Crippen LogP contribution in [-0.4, -0.2) is 18.1 Å². The molecule has 1 aromatic rings. The molecule has 1 heterocycles. The molecule has 0 bridgehead atoms. The Labute approximate surface area is 117 Å². The van der Waals surface area contributed by atoms with Gasteiger partial charge in [0.05, 0.1) is 12.1 Å². The number of carbonyl (C=O) groups excluding carboxylic acids is 1. The maximum absolute atomic E-state index is 13.2. The number of carbonyl (C=O) groups is 1. The molecule has 4 unspecified atom stereocenters. The number of rotatable bonds is 3. The largest absolute Gasteiger partial charge is 0.365 e. The normalized spacial score (nSPS) is 27.4. The number of halogens is 2. The van der Waals surface area contributed by atoms with Gasteiger partial charge in [-0.05, 0) is 43.9 Å². The summed E-state index contributed by atoms with van der Waals surface area (Å²) in [7, 11) is 0. The van der Waals surface area contributed by atoms with Gasteiger partial charge in [0.15, 0.2) is 11.6 Å². The first-order valence-electron chi connectivity index (χ1n) is 6.79. The number of ether oxygens (including phenoxy) is 1. The molecule has 110 valence electrons. The average Bonchev–Trinajstić information content (AvgIpc) is 2.71. The van der Waals surface area contributed by atoms with Crippen molar-refractivity contribution in [1.29, 1.82) is 0 Å². The van der Waals surface area contributed by atoms with Gasteiger partial charge in [-0.15, -0.1) is 0 Å². The molecule has 0 radical (unpaired) electrons. The molecule has 20 heavy (non-hydrogen) atoms. The maximum Gasteiger partial charge on any atom is 0.249 e. The zero-order chi connectivity index (χ0) is 14.9. The van der Waals surface area contributed by atoms with Crippen LogP contribution in [-0.2, 0) is 9.53 Å². The molecule has 1 amide bonds. The van der Waals surface area contributed by atoms with Crippen LogP contribution < -0.4 is 5.32 Å². The number of nitrogens with one attached hydrogen (secondary N) is 1. The van der Waals surface area contributed by atoms with Crippen molar-refractivity contribution in [2.75, 3.05) is 0 Å². The van der Waals surface area contributed by atoms with Crippen LogP contribution in [0.2, 0.25) is 0 Å². The van der Waals surface area contributed by atoms with Gasteiger partial charge in [0.2, 0.25) is 5.91 Å². The van der Waals surface area contributed by atoms with Gasteiger partial charge < -0.3 is 10.1 Å². The van der Waals surface area contributed by atoms with Crippen molar-refractivity contribution in [3.63, 3.8) is 0 Å². The summed E-state index contributed by atoms with van der Waals surface area (Å²) in [5.41, 5.74) is 0.524. The number of benzene rings is 1. The van der Waals surface area contributed by atoms with E-state index in [0.717, 1.165) is 18.6 Å². The molecule has 0 aromatic heterocycles. The first-order valence-corrected chi connectivity index (χ1v) is 6.79. The third kappa shape index (κ3) is 3.15. The fourth-order valence-corrected chi connectivity index (χ4v) is 2.57. The minimum atomic E-state index is -0.914. The van der Waals surface area contributed by atoms with E-state index >= 15 is 0 Å². The highest BCUT2D eigenvalue weighted by atomic mass is 19.2. The van der Waals surface area contributed by atoms with Crippen LogP contribution in [0.25, 0.3) is 0 Å². The summed E-state index contributed by atoms with van der Waals surface area (Å²) in [6.45, 7) is 5.63. The Balaban J connectivity index is 2.02. The summed E-state index contributed by atoms with van der Waals surface area (Å²) < 4.78 is 31.6. The van der Waals surface area contributed by atoms with Crippen molar-refractivity contribution in [3.05, 3.63) is 35.4 Å². The Hall–Kier alpha value is -1.49. The van der Waals surface area contributed by atoms with Gasteiger partial charge in [0, 0.05) is 0 Å². The summed E-state index contributed by atoms with van der Waals surface area (Å²) in [5, 5.41) is 2.78. The van der Waals surface area contributed by atoms with Crippen molar-refractivity contribution < 1.29 is 18.3 Å². The lowest BCUT2D eigenvalue weighted by molar-refractivity contribution is -0.133. The zero-order valence-electron chi connectivity index (χ0n) is 11.8. The van der Waals surface area contributed by atoms with Crippen LogP contribution in [0.15, 0.2) is 18.2 Å². The Kier molecular flexibility index (Phi) is 4.38. The van der Waals surface area contributed by atoms with E-state index in [4.69, 9.17) is 4.74 Å². The van der Waals surface area contributed by atoms with Gasteiger partial charge in [-0.1, -0.05) is 13.0 Å². The van der Waals surface area contributed by atoms with Crippen LogP contribution in [0.1, 0.15) is 38.8 Å². The second-order valence-electron chi connectivity index (χ2n) is 5.48. The van der Waals surface area contributed by atoms with Gasteiger partial charge in [-0.2, -0.15) is 0 Å². The standard InChI is InChI=1S/C15H19F2NO2/c1-8-6-9(2)20-14(8)15(19)18-10(3)11-4-5-12(16)13(17)7-11/h4-5,7-10,14H,6H2,1-3H3,(H,18,19). The fourth-order valence-electron chi connectivity index (χ4n) is 2.57. The van der Waals surface area contributed by atoms with Crippen LogP contribution in [0.4, 0.5) is 8.78 Å².